The van der Waals surface area contributed by atoms with Gasteiger partial charge in [0, 0.05) is 13.1 Å². The summed E-state index contributed by atoms with van der Waals surface area (Å²) in [5.74, 6) is 0. The fourth-order valence-corrected chi connectivity index (χ4v) is 2.84. The van der Waals surface area contributed by atoms with Crippen molar-refractivity contribution in [2.75, 3.05) is 0 Å². The molecule has 2 aromatic rings. The van der Waals surface area contributed by atoms with Crippen LogP contribution in [0.2, 0.25) is 5.28 Å². The normalized spacial score (nSPS) is 16.3. The van der Waals surface area contributed by atoms with Gasteiger partial charge in [-0.2, -0.15) is 4.98 Å². The van der Waals surface area contributed by atoms with E-state index < -0.39 is 11.1 Å². The molecule has 1 aliphatic carbocycles. The molecule has 0 aliphatic heterocycles. The average molecular weight is 281 g/mol. The number of rotatable bonds is 1. The van der Waals surface area contributed by atoms with Crippen LogP contribution in [0.3, 0.4) is 0 Å². The smallest absolute Gasteiger partial charge is 0.303 e. The topological polar surface area (TPSA) is 69.8 Å². The van der Waals surface area contributed by atoms with E-state index in [1.165, 1.54) is 15.3 Å². The Balaban J connectivity index is 2.44. The van der Waals surface area contributed by atoms with Gasteiger partial charge in [0.15, 0.2) is 5.65 Å². The summed E-state index contributed by atoms with van der Waals surface area (Å²) < 4.78 is 2.78. The lowest BCUT2D eigenvalue weighted by Crippen LogP contribution is -2.42. The third-order valence-corrected chi connectivity index (χ3v) is 3.89. The van der Waals surface area contributed by atoms with Gasteiger partial charge >= 0.3 is 11.1 Å². The van der Waals surface area contributed by atoms with Crippen LogP contribution in [0, 0.1) is 0 Å². The molecule has 0 aromatic carbocycles. The zero-order chi connectivity index (χ0) is 13.6. The lowest BCUT2D eigenvalue weighted by atomic mass is 10.2. The van der Waals surface area contributed by atoms with Crippen LogP contribution in [-0.2, 0) is 7.05 Å². The second kappa shape index (κ2) is 4.45. The highest BCUT2D eigenvalue weighted by Gasteiger charge is 2.23. The highest BCUT2D eigenvalue weighted by atomic mass is 35.5. The Morgan fingerprint density at radius 2 is 1.95 bits per heavy atom. The van der Waals surface area contributed by atoms with Crippen LogP contribution in [0.15, 0.2) is 15.8 Å². The summed E-state index contributed by atoms with van der Waals surface area (Å²) in [5.41, 5.74) is -0.109. The Hall–Kier alpha value is -1.69. The minimum absolute atomic E-state index is 0.0369. The van der Waals surface area contributed by atoms with E-state index in [0.29, 0.717) is 11.2 Å². The molecular weight excluding hydrogens is 268 g/mol. The van der Waals surface area contributed by atoms with E-state index in [4.69, 9.17) is 11.6 Å². The molecule has 19 heavy (non-hydrogen) atoms. The van der Waals surface area contributed by atoms with Crippen LogP contribution in [-0.4, -0.2) is 19.1 Å². The van der Waals surface area contributed by atoms with Crippen molar-refractivity contribution in [1.29, 1.82) is 0 Å². The molecule has 1 aliphatic rings. The molecule has 6 nitrogen and oxygen atoms in total. The molecule has 0 amide bonds. The van der Waals surface area contributed by atoms with Gasteiger partial charge in [-0.15, -0.1) is 0 Å². The zero-order valence-corrected chi connectivity index (χ0v) is 11.2. The minimum Gasteiger partial charge on any atom is -0.303 e. The lowest BCUT2D eigenvalue weighted by molar-refractivity contribution is 0.507. The van der Waals surface area contributed by atoms with Gasteiger partial charge < -0.3 is 4.57 Å². The van der Waals surface area contributed by atoms with Crippen molar-refractivity contribution in [2.45, 2.75) is 31.7 Å². The standard InChI is InChI=1S/C12H13ClN4O2/c1-16-8-6-14-12(13)15-9(8)17(11(19)10(16)18)7-4-2-3-5-7/h6-7H,2-5H2,1H3. The van der Waals surface area contributed by atoms with Crippen LogP contribution < -0.4 is 11.1 Å². The number of fused-ring (bicyclic) bond motifs is 1. The number of nitrogens with zero attached hydrogens (tertiary/aromatic N) is 4. The van der Waals surface area contributed by atoms with Crippen LogP contribution in [0.4, 0.5) is 0 Å². The third kappa shape index (κ3) is 1.87. The SMILES string of the molecule is Cn1c(=O)c(=O)n(C2CCCC2)c2nc(Cl)ncc21. The molecule has 0 saturated heterocycles. The predicted molar refractivity (Wildman–Crippen MR) is 71.6 cm³/mol. The molecule has 0 bridgehead atoms. The summed E-state index contributed by atoms with van der Waals surface area (Å²) >= 11 is 5.82. The highest BCUT2D eigenvalue weighted by Crippen LogP contribution is 2.29. The maximum Gasteiger partial charge on any atom is 0.318 e. The van der Waals surface area contributed by atoms with E-state index in [1.54, 1.807) is 7.05 Å². The van der Waals surface area contributed by atoms with Gasteiger partial charge in [-0.05, 0) is 24.4 Å². The average Bonchev–Trinajstić information content (AvgIpc) is 2.90. The maximum absolute atomic E-state index is 12.2. The van der Waals surface area contributed by atoms with Crippen molar-refractivity contribution in [3.05, 3.63) is 32.2 Å². The van der Waals surface area contributed by atoms with Crippen LogP contribution in [0.25, 0.3) is 11.2 Å². The Bertz CT molecular complexity index is 759. The van der Waals surface area contributed by atoms with Crippen molar-refractivity contribution in [2.24, 2.45) is 7.05 Å². The first-order chi connectivity index (χ1) is 9.09. The van der Waals surface area contributed by atoms with E-state index in [0.717, 1.165) is 25.7 Å². The zero-order valence-electron chi connectivity index (χ0n) is 10.5. The third-order valence-electron chi connectivity index (χ3n) is 3.71. The Morgan fingerprint density at radius 3 is 2.63 bits per heavy atom. The van der Waals surface area contributed by atoms with E-state index >= 15 is 0 Å². The van der Waals surface area contributed by atoms with Crippen molar-refractivity contribution in [3.8, 4) is 0 Å². The Labute approximate surface area is 113 Å². The highest BCUT2D eigenvalue weighted by molar-refractivity contribution is 6.28. The van der Waals surface area contributed by atoms with Gasteiger partial charge in [0.2, 0.25) is 5.28 Å². The molecular formula is C12H13ClN4O2. The number of aromatic nitrogens is 4. The molecule has 0 spiro atoms. The molecule has 2 heterocycles. The molecule has 1 fully saturated rings. The molecule has 2 aromatic heterocycles. The second-order valence-corrected chi connectivity index (χ2v) is 5.16. The molecule has 7 heteroatoms. The first-order valence-corrected chi connectivity index (χ1v) is 6.61. The van der Waals surface area contributed by atoms with Gasteiger partial charge in [0.1, 0.15) is 5.52 Å². The lowest BCUT2D eigenvalue weighted by Gasteiger charge is -2.16. The van der Waals surface area contributed by atoms with Crippen molar-refractivity contribution in [1.82, 2.24) is 19.1 Å². The molecule has 100 valence electrons. The maximum atomic E-state index is 12.2. The van der Waals surface area contributed by atoms with Crippen LogP contribution in [0.1, 0.15) is 31.7 Å². The van der Waals surface area contributed by atoms with Crippen molar-refractivity contribution < 1.29 is 0 Å². The predicted octanol–water partition coefficient (Wildman–Crippen LogP) is 1.26. The van der Waals surface area contributed by atoms with Gasteiger partial charge in [-0.3, -0.25) is 14.2 Å². The number of hydrogen-bond donors (Lipinski definition) is 0. The summed E-state index contributed by atoms with van der Waals surface area (Å²) in [6.07, 6.45) is 5.39. The molecule has 0 N–H and O–H groups in total. The number of aryl methyl sites for hydroxylation is 1. The molecule has 0 atom stereocenters. The van der Waals surface area contributed by atoms with Gasteiger partial charge in [0.25, 0.3) is 0 Å². The second-order valence-electron chi connectivity index (χ2n) is 4.83. The molecule has 0 radical (unpaired) electrons. The van der Waals surface area contributed by atoms with Gasteiger partial charge in [-0.25, -0.2) is 4.98 Å². The molecule has 1 saturated carbocycles. The first-order valence-electron chi connectivity index (χ1n) is 6.23. The van der Waals surface area contributed by atoms with Crippen LogP contribution >= 0.6 is 11.6 Å². The number of hydrogen-bond acceptors (Lipinski definition) is 4. The van der Waals surface area contributed by atoms with E-state index in [1.807, 2.05) is 0 Å². The van der Waals surface area contributed by atoms with Crippen LogP contribution in [0.5, 0.6) is 0 Å². The summed E-state index contributed by atoms with van der Waals surface area (Å²) in [6, 6.07) is 0.0369. The largest absolute Gasteiger partial charge is 0.318 e. The fraction of sp³-hybridized carbons (Fsp3) is 0.500. The minimum atomic E-state index is -0.551. The van der Waals surface area contributed by atoms with E-state index in [9.17, 15) is 9.59 Å². The monoisotopic (exact) mass is 280 g/mol. The van der Waals surface area contributed by atoms with Crippen molar-refractivity contribution in [3.63, 3.8) is 0 Å². The molecule has 0 unspecified atom stereocenters. The number of halogens is 1. The molecule has 3 rings (SSSR count). The van der Waals surface area contributed by atoms with Gasteiger partial charge in [-0.1, -0.05) is 12.8 Å². The van der Waals surface area contributed by atoms with E-state index in [-0.39, 0.29) is 11.3 Å². The summed E-state index contributed by atoms with van der Waals surface area (Å²) in [5, 5.41) is 0.0808. The summed E-state index contributed by atoms with van der Waals surface area (Å²) in [6.45, 7) is 0. The first kappa shape index (κ1) is 12.3. The summed E-state index contributed by atoms with van der Waals surface area (Å²) in [7, 11) is 1.54. The van der Waals surface area contributed by atoms with Gasteiger partial charge in [0.05, 0.1) is 6.20 Å². The summed E-state index contributed by atoms with van der Waals surface area (Å²) in [4.78, 5) is 32.2. The fourth-order valence-electron chi connectivity index (χ4n) is 2.71. The Morgan fingerprint density at radius 1 is 1.26 bits per heavy atom. The van der Waals surface area contributed by atoms with Crippen molar-refractivity contribution >= 4 is 22.8 Å². The Kier molecular flexibility index (Phi) is 2.89. The quantitative estimate of drug-likeness (QED) is 0.582. The van der Waals surface area contributed by atoms with E-state index in [2.05, 4.69) is 9.97 Å².